The first-order valence-corrected chi connectivity index (χ1v) is 6.74. The summed E-state index contributed by atoms with van der Waals surface area (Å²) in [6.45, 7) is 3.77. The molecule has 0 spiro atoms. The van der Waals surface area contributed by atoms with Crippen LogP contribution in [0.4, 0.5) is 5.69 Å². The van der Waals surface area contributed by atoms with Gasteiger partial charge in [0.05, 0.1) is 23.9 Å². The summed E-state index contributed by atoms with van der Waals surface area (Å²) in [6.07, 6.45) is 0.164. The maximum atomic E-state index is 11.8. The van der Waals surface area contributed by atoms with Crippen LogP contribution in [0.1, 0.15) is 19.4 Å². The molecule has 0 aliphatic carbocycles. The third kappa shape index (κ3) is 4.42. The van der Waals surface area contributed by atoms with E-state index in [1.807, 2.05) is 0 Å². The predicted molar refractivity (Wildman–Crippen MR) is 76.3 cm³/mol. The zero-order valence-electron chi connectivity index (χ0n) is 11.5. The van der Waals surface area contributed by atoms with Crippen molar-refractivity contribution in [3.8, 4) is 0 Å². The lowest BCUT2D eigenvalue weighted by Crippen LogP contribution is -2.30. The van der Waals surface area contributed by atoms with Gasteiger partial charge in [-0.05, 0) is 38.0 Å². The lowest BCUT2D eigenvalue weighted by molar-refractivity contribution is -0.161. The molecule has 0 heterocycles. The molecular weight excluding hydrogens is 282 g/mol. The zero-order valence-corrected chi connectivity index (χ0v) is 12.3. The zero-order chi connectivity index (χ0) is 15.1. The van der Waals surface area contributed by atoms with Gasteiger partial charge in [0.15, 0.2) is 5.92 Å². The topological polar surface area (TPSA) is 78.6 Å². The van der Waals surface area contributed by atoms with Crippen molar-refractivity contribution >= 4 is 29.2 Å². The fourth-order valence-corrected chi connectivity index (χ4v) is 1.89. The van der Waals surface area contributed by atoms with E-state index >= 15 is 0 Å². The molecule has 0 radical (unpaired) electrons. The molecule has 0 aromatic heterocycles. The van der Waals surface area contributed by atoms with Crippen molar-refractivity contribution < 1.29 is 19.1 Å². The molecule has 0 saturated carbocycles. The number of carbonyl (C=O) groups is 2. The van der Waals surface area contributed by atoms with Crippen molar-refractivity contribution in [3.05, 3.63) is 28.8 Å². The summed E-state index contributed by atoms with van der Waals surface area (Å²) in [6, 6.07) is 4.97. The Kier molecular flexibility index (Phi) is 6.31. The highest BCUT2D eigenvalue weighted by Crippen LogP contribution is 2.22. The second-order valence-electron chi connectivity index (χ2n) is 4.12. The van der Waals surface area contributed by atoms with E-state index in [1.165, 1.54) is 0 Å². The molecular formula is C14H18ClNO4. The van der Waals surface area contributed by atoms with Gasteiger partial charge >= 0.3 is 11.9 Å². The Morgan fingerprint density at radius 1 is 1.20 bits per heavy atom. The van der Waals surface area contributed by atoms with Crippen LogP contribution < -0.4 is 5.73 Å². The minimum absolute atomic E-state index is 0.164. The minimum Gasteiger partial charge on any atom is -0.465 e. The molecule has 2 N–H and O–H groups in total. The number of esters is 2. The molecule has 0 aliphatic heterocycles. The summed E-state index contributed by atoms with van der Waals surface area (Å²) < 4.78 is 9.80. The fraction of sp³-hybridized carbons (Fsp3) is 0.429. The average Bonchev–Trinajstić information content (AvgIpc) is 2.40. The van der Waals surface area contributed by atoms with E-state index in [0.717, 1.165) is 5.56 Å². The number of nitrogens with two attached hydrogens (primary N) is 1. The van der Waals surface area contributed by atoms with Crippen LogP contribution in [0.2, 0.25) is 5.02 Å². The Hall–Kier alpha value is -1.75. The first kappa shape index (κ1) is 16.3. The van der Waals surface area contributed by atoms with E-state index in [1.54, 1.807) is 32.0 Å². The minimum atomic E-state index is -0.991. The van der Waals surface area contributed by atoms with Crippen LogP contribution >= 0.6 is 11.6 Å². The van der Waals surface area contributed by atoms with E-state index in [2.05, 4.69) is 0 Å². The van der Waals surface area contributed by atoms with Crippen molar-refractivity contribution in [1.29, 1.82) is 0 Å². The molecule has 1 rings (SSSR count). The highest BCUT2D eigenvalue weighted by atomic mass is 35.5. The van der Waals surface area contributed by atoms with Gasteiger partial charge in [0.2, 0.25) is 0 Å². The van der Waals surface area contributed by atoms with Crippen molar-refractivity contribution in [2.45, 2.75) is 20.3 Å². The first-order chi connectivity index (χ1) is 9.49. The van der Waals surface area contributed by atoms with E-state index in [9.17, 15) is 9.59 Å². The molecule has 0 atom stereocenters. The van der Waals surface area contributed by atoms with Crippen LogP contribution in [-0.4, -0.2) is 25.2 Å². The van der Waals surface area contributed by atoms with Crippen LogP contribution in [0.25, 0.3) is 0 Å². The number of nitrogen functional groups attached to an aromatic ring is 1. The van der Waals surface area contributed by atoms with Crippen molar-refractivity contribution in [1.82, 2.24) is 0 Å². The van der Waals surface area contributed by atoms with E-state index in [-0.39, 0.29) is 19.6 Å². The Balaban J connectivity index is 2.90. The molecule has 20 heavy (non-hydrogen) atoms. The van der Waals surface area contributed by atoms with Gasteiger partial charge in [-0.15, -0.1) is 0 Å². The van der Waals surface area contributed by atoms with Crippen LogP contribution in [0.5, 0.6) is 0 Å². The summed E-state index contributed by atoms with van der Waals surface area (Å²) in [7, 11) is 0. The summed E-state index contributed by atoms with van der Waals surface area (Å²) in [5, 5.41) is 0.383. The third-order valence-corrected chi connectivity index (χ3v) is 2.97. The smallest absolute Gasteiger partial charge is 0.320 e. The lowest BCUT2D eigenvalue weighted by atomic mass is 9.99. The largest absolute Gasteiger partial charge is 0.465 e. The van der Waals surface area contributed by atoms with Crippen LogP contribution in [0, 0.1) is 5.92 Å². The van der Waals surface area contributed by atoms with Crippen LogP contribution in [0.15, 0.2) is 18.2 Å². The molecule has 0 aliphatic rings. The summed E-state index contributed by atoms with van der Waals surface area (Å²) in [4.78, 5) is 23.7. The number of halogens is 1. The van der Waals surface area contributed by atoms with Gasteiger partial charge in [0.1, 0.15) is 0 Å². The van der Waals surface area contributed by atoms with Crippen LogP contribution in [0.3, 0.4) is 0 Å². The van der Waals surface area contributed by atoms with Gasteiger partial charge in [-0.1, -0.05) is 17.7 Å². The summed E-state index contributed by atoms with van der Waals surface area (Å²) >= 11 is 5.92. The third-order valence-electron chi connectivity index (χ3n) is 2.65. The average molecular weight is 300 g/mol. The molecule has 0 bridgehead atoms. The molecule has 1 aromatic rings. The maximum Gasteiger partial charge on any atom is 0.320 e. The monoisotopic (exact) mass is 299 g/mol. The quantitative estimate of drug-likeness (QED) is 0.495. The number of anilines is 1. The second kappa shape index (κ2) is 7.75. The molecule has 0 unspecified atom stereocenters. The van der Waals surface area contributed by atoms with E-state index < -0.39 is 17.9 Å². The van der Waals surface area contributed by atoms with E-state index in [4.69, 9.17) is 26.8 Å². The number of hydrogen-bond donors (Lipinski definition) is 1. The highest BCUT2D eigenvalue weighted by Gasteiger charge is 2.29. The Morgan fingerprint density at radius 3 is 2.20 bits per heavy atom. The van der Waals surface area contributed by atoms with Crippen molar-refractivity contribution in [2.75, 3.05) is 18.9 Å². The fourth-order valence-electron chi connectivity index (χ4n) is 1.68. The number of rotatable bonds is 6. The van der Waals surface area contributed by atoms with Crippen LogP contribution in [-0.2, 0) is 25.5 Å². The number of benzene rings is 1. The van der Waals surface area contributed by atoms with Gasteiger partial charge in [-0.25, -0.2) is 0 Å². The van der Waals surface area contributed by atoms with Gasteiger partial charge in [-0.2, -0.15) is 0 Å². The normalized spacial score (nSPS) is 10.4. The molecule has 6 heteroatoms. The van der Waals surface area contributed by atoms with Crippen molar-refractivity contribution in [2.24, 2.45) is 5.92 Å². The standard InChI is InChI=1S/C14H18ClNO4/c1-3-19-13(17)10(14(18)20-4-2)7-9-5-6-12(16)11(15)8-9/h5-6,8,10H,3-4,7,16H2,1-2H3. The molecule has 0 amide bonds. The van der Waals surface area contributed by atoms with E-state index in [0.29, 0.717) is 10.7 Å². The first-order valence-electron chi connectivity index (χ1n) is 6.36. The maximum absolute atomic E-state index is 11.8. The predicted octanol–water partition coefficient (Wildman–Crippen LogP) is 2.21. The van der Waals surface area contributed by atoms with Gasteiger partial charge in [0.25, 0.3) is 0 Å². The second-order valence-corrected chi connectivity index (χ2v) is 4.52. The Morgan fingerprint density at radius 2 is 1.75 bits per heavy atom. The van der Waals surface area contributed by atoms with Gasteiger partial charge in [-0.3, -0.25) is 9.59 Å². The van der Waals surface area contributed by atoms with Gasteiger partial charge in [0, 0.05) is 0 Å². The number of ether oxygens (including phenoxy) is 2. The van der Waals surface area contributed by atoms with Crippen molar-refractivity contribution in [3.63, 3.8) is 0 Å². The summed E-state index contributed by atoms with van der Waals surface area (Å²) in [5.74, 6) is -2.19. The lowest BCUT2D eigenvalue weighted by Gasteiger charge is -2.14. The highest BCUT2D eigenvalue weighted by molar-refractivity contribution is 6.33. The molecule has 0 fully saturated rings. The Bertz CT molecular complexity index is 472. The van der Waals surface area contributed by atoms with Gasteiger partial charge < -0.3 is 15.2 Å². The molecule has 0 saturated heterocycles. The molecule has 5 nitrogen and oxygen atoms in total. The molecule has 110 valence electrons. The number of hydrogen-bond acceptors (Lipinski definition) is 5. The number of carbonyl (C=O) groups excluding carboxylic acids is 2. The molecule has 1 aromatic carbocycles. The SMILES string of the molecule is CCOC(=O)C(Cc1ccc(N)c(Cl)c1)C(=O)OCC. The summed E-state index contributed by atoms with van der Waals surface area (Å²) in [5.41, 5.74) is 6.78. The Labute approximate surface area is 123 Å².